The van der Waals surface area contributed by atoms with Crippen molar-refractivity contribution in [2.75, 3.05) is 5.32 Å². The Balaban J connectivity index is 1.58. The second-order valence-corrected chi connectivity index (χ2v) is 7.76. The highest BCUT2D eigenvalue weighted by molar-refractivity contribution is 9.10. The number of carbonyl (C=O) groups is 1. The van der Waals surface area contributed by atoms with E-state index in [4.69, 9.17) is 0 Å². The minimum absolute atomic E-state index is 0.104. The number of rotatable bonds is 5. The number of thiophene rings is 1. The van der Waals surface area contributed by atoms with Gasteiger partial charge in [-0.2, -0.15) is 0 Å². The van der Waals surface area contributed by atoms with Crippen molar-refractivity contribution in [1.29, 1.82) is 0 Å². The van der Waals surface area contributed by atoms with Crippen molar-refractivity contribution in [2.45, 2.75) is 25.4 Å². The molecular formula is C17H15BrN4O2S. The number of hydrogen-bond acceptors (Lipinski definition) is 4. The third-order valence-electron chi connectivity index (χ3n) is 3.95. The fourth-order valence-electron chi connectivity index (χ4n) is 2.63. The van der Waals surface area contributed by atoms with Crippen molar-refractivity contribution >= 4 is 38.9 Å². The van der Waals surface area contributed by atoms with Gasteiger partial charge in [-0.05, 0) is 48.6 Å². The predicted molar refractivity (Wildman–Crippen MR) is 101 cm³/mol. The largest absolute Gasteiger partial charge is 0.346 e. The van der Waals surface area contributed by atoms with Gasteiger partial charge >= 0.3 is 5.69 Å². The number of nitrogens with zero attached hydrogens (tertiary/aromatic N) is 3. The van der Waals surface area contributed by atoms with Crippen LogP contribution in [0.3, 0.4) is 0 Å². The summed E-state index contributed by atoms with van der Waals surface area (Å²) >= 11 is 4.89. The van der Waals surface area contributed by atoms with Crippen LogP contribution in [0.15, 0.2) is 51.0 Å². The highest BCUT2D eigenvalue weighted by Gasteiger charge is 2.31. The molecule has 6 nitrogen and oxygen atoms in total. The average Bonchev–Trinajstić information content (AvgIpc) is 3.17. The molecule has 1 amide bonds. The number of hydrogen-bond donors (Lipinski definition) is 1. The second-order valence-electron chi connectivity index (χ2n) is 5.90. The summed E-state index contributed by atoms with van der Waals surface area (Å²) in [5.74, 6) is 0.376. The van der Waals surface area contributed by atoms with E-state index >= 15 is 0 Å². The molecule has 1 aliphatic carbocycles. The van der Waals surface area contributed by atoms with Gasteiger partial charge in [-0.15, -0.1) is 16.4 Å². The normalized spacial score (nSPS) is 13.8. The molecule has 2 heterocycles. The average molecular weight is 419 g/mol. The topological polar surface area (TPSA) is 68.9 Å². The minimum Gasteiger partial charge on any atom is -0.324 e. The molecule has 2 aromatic heterocycles. The van der Waals surface area contributed by atoms with E-state index in [9.17, 15) is 9.59 Å². The lowest BCUT2D eigenvalue weighted by molar-refractivity contribution is -0.117. The summed E-state index contributed by atoms with van der Waals surface area (Å²) in [6, 6.07) is 11.4. The minimum atomic E-state index is -0.275. The van der Waals surface area contributed by atoms with Crippen LogP contribution < -0.4 is 11.0 Å². The number of carbonyl (C=O) groups excluding carboxylic acids is 1. The summed E-state index contributed by atoms with van der Waals surface area (Å²) in [7, 11) is 0. The monoisotopic (exact) mass is 418 g/mol. The molecule has 1 fully saturated rings. The zero-order valence-corrected chi connectivity index (χ0v) is 15.6. The molecule has 0 bridgehead atoms. The summed E-state index contributed by atoms with van der Waals surface area (Å²) in [5.41, 5.74) is 0.457. The molecule has 0 aliphatic heterocycles. The summed E-state index contributed by atoms with van der Waals surface area (Å²) in [6.07, 6.45) is 1.96. The fourth-order valence-corrected chi connectivity index (χ4v) is 3.60. The number of nitrogens with one attached hydrogen (secondary N) is 1. The van der Waals surface area contributed by atoms with E-state index in [0.29, 0.717) is 11.5 Å². The van der Waals surface area contributed by atoms with Crippen LogP contribution in [0.1, 0.15) is 18.9 Å². The van der Waals surface area contributed by atoms with Gasteiger partial charge in [0.05, 0.1) is 4.88 Å². The molecule has 8 heteroatoms. The van der Waals surface area contributed by atoms with Gasteiger partial charge in [-0.25, -0.2) is 9.48 Å². The molecular weight excluding hydrogens is 404 g/mol. The Morgan fingerprint density at radius 1 is 1.28 bits per heavy atom. The first kappa shape index (κ1) is 16.3. The predicted octanol–water partition coefficient (Wildman–Crippen LogP) is 3.51. The van der Waals surface area contributed by atoms with Crippen LogP contribution in [0.25, 0.3) is 10.7 Å². The van der Waals surface area contributed by atoms with Gasteiger partial charge in [-0.1, -0.05) is 22.0 Å². The van der Waals surface area contributed by atoms with Crippen molar-refractivity contribution in [3.05, 3.63) is 56.7 Å². The van der Waals surface area contributed by atoms with Crippen LogP contribution in [0.4, 0.5) is 5.69 Å². The smallest absolute Gasteiger partial charge is 0.324 e. The lowest BCUT2D eigenvalue weighted by Crippen LogP contribution is -2.29. The van der Waals surface area contributed by atoms with Crippen molar-refractivity contribution in [2.24, 2.45) is 0 Å². The quantitative estimate of drug-likeness (QED) is 0.688. The molecule has 0 spiro atoms. The summed E-state index contributed by atoms with van der Waals surface area (Å²) in [4.78, 5) is 25.9. The zero-order valence-electron chi connectivity index (χ0n) is 13.2. The Bertz CT molecular complexity index is 956. The molecule has 25 heavy (non-hydrogen) atoms. The van der Waals surface area contributed by atoms with Crippen LogP contribution in [0, 0.1) is 0 Å². The first-order valence-electron chi connectivity index (χ1n) is 7.90. The molecule has 0 saturated heterocycles. The van der Waals surface area contributed by atoms with E-state index in [-0.39, 0.29) is 24.2 Å². The first-order chi connectivity index (χ1) is 12.1. The zero-order chi connectivity index (χ0) is 17.4. The number of amides is 1. The Morgan fingerprint density at radius 3 is 2.68 bits per heavy atom. The van der Waals surface area contributed by atoms with Gasteiger partial charge in [0.2, 0.25) is 5.91 Å². The van der Waals surface area contributed by atoms with Crippen molar-refractivity contribution in [3.8, 4) is 10.7 Å². The molecule has 1 saturated carbocycles. The number of halogens is 1. The van der Waals surface area contributed by atoms with Crippen LogP contribution in [0.2, 0.25) is 0 Å². The van der Waals surface area contributed by atoms with E-state index < -0.39 is 0 Å². The number of anilines is 1. The van der Waals surface area contributed by atoms with E-state index in [2.05, 4.69) is 26.3 Å². The van der Waals surface area contributed by atoms with Crippen LogP contribution in [-0.4, -0.2) is 20.3 Å². The van der Waals surface area contributed by atoms with E-state index in [1.807, 2.05) is 29.6 Å². The van der Waals surface area contributed by atoms with Crippen molar-refractivity contribution in [1.82, 2.24) is 14.3 Å². The Hall–Kier alpha value is -2.19. The molecule has 1 aromatic carbocycles. The molecule has 0 radical (unpaired) electrons. The van der Waals surface area contributed by atoms with Crippen molar-refractivity contribution < 1.29 is 4.79 Å². The van der Waals surface area contributed by atoms with Gasteiger partial charge in [0, 0.05) is 16.2 Å². The Kier molecular flexibility index (Phi) is 4.30. The third-order valence-corrected chi connectivity index (χ3v) is 5.34. The highest BCUT2D eigenvalue weighted by Crippen LogP contribution is 2.37. The van der Waals surface area contributed by atoms with E-state index in [1.165, 1.54) is 16.0 Å². The lowest BCUT2D eigenvalue weighted by Gasteiger charge is -2.04. The second kappa shape index (κ2) is 6.61. The van der Waals surface area contributed by atoms with Crippen LogP contribution in [-0.2, 0) is 11.3 Å². The van der Waals surface area contributed by atoms with E-state index in [1.54, 1.807) is 16.7 Å². The van der Waals surface area contributed by atoms with Crippen LogP contribution >= 0.6 is 27.3 Å². The molecule has 0 unspecified atom stereocenters. The highest BCUT2D eigenvalue weighted by atomic mass is 79.9. The number of benzene rings is 1. The maximum absolute atomic E-state index is 12.7. The molecule has 128 valence electrons. The summed E-state index contributed by atoms with van der Waals surface area (Å²) in [5, 5.41) is 9.16. The molecule has 1 aliphatic rings. The lowest BCUT2D eigenvalue weighted by atomic mass is 10.3. The van der Waals surface area contributed by atoms with Gasteiger partial charge in [0.15, 0.2) is 5.82 Å². The maximum Gasteiger partial charge on any atom is 0.346 e. The van der Waals surface area contributed by atoms with Gasteiger partial charge in [0.1, 0.15) is 6.54 Å². The summed E-state index contributed by atoms with van der Waals surface area (Å²) in [6.45, 7) is -0.104. The SMILES string of the molecule is O=C(Cn1nc(-c2cccs2)n(C2CC2)c1=O)Nc1ccc(Br)cc1. The van der Waals surface area contributed by atoms with Gasteiger partial charge < -0.3 is 5.32 Å². The Labute approximate surface area is 156 Å². The molecule has 0 atom stereocenters. The fraction of sp³-hybridized carbons (Fsp3) is 0.235. The van der Waals surface area contributed by atoms with Crippen LogP contribution in [0.5, 0.6) is 0 Å². The standard InChI is InChI=1S/C17H15BrN4O2S/c18-11-3-5-12(6-4-11)19-15(23)10-21-17(24)22(13-7-8-13)16(20-21)14-2-1-9-25-14/h1-6,9,13H,7-8,10H2,(H,19,23). The molecule has 4 rings (SSSR count). The van der Waals surface area contributed by atoms with Crippen molar-refractivity contribution in [3.63, 3.8) is 0 Å². The molecule has 1 N–H and O–H groups in total. The molecule has 3 aromatic rings. The first-order valence-corrected chi connectivity index (χ1v) is 9.58. The number of aromatic nitrogens is 3. The Morgan fingerprint density at radius 2 is 2.04 bits per heavy atom. The van der Waals surface area contributed by atoms with Gasteiger partial charge in [-0.3, -0.25) is 9.36 Å². The maximum atomic E-state index is 12.7. The summed E-state index contributed by atoms with van der Waals surface area (Å²) < 4.78 is 3.91. The van der Waals surface area contributed by atoms with Gasteiger partial charge in [0.25, 0.3) is 0 Å². The third kappa shape index (κ3) is 3.45. The van der Waals surface area contributed by atoms with E-state index in [0.717, 1.165) is 22.2 Å².